The summed E-state index contributed by atoms with van der Waals surface area (Å²) in [4.78, 5) is 11.1. The van der Waals surface area contributed by atoms with Crippen molar-refractivity contribution in [2.45, 2.75) is 77.4 Å². The number of unbranched alkanes of at least 4 members (excludes halogenated alkanes) is 1. The van der Waals surface area contributed by atoms with Gasteiger partial charge in [0.05, 0.1) is 6.10 Å². The van der Waals surface area contributed by atoms with Crippen molar-refractivity contribution in [2.24, 2.45) is 5.41 Å². The zero-order valence-electron chi connectivity index (χ0n) is 13.5. The van der Waals surface area contributed by atoms with Crippen LogP contribution in [0.15, 0.2) is 0 Å². The van der Waals surface area contributed by atoms with Crippen molar-refractivity contribution in [3.05, 3.63) is 0 Å². The summed E-state index contributed by atoms with van der Waals surface area (Å²) in [5.41, 5.74) is -0.329. The molecule has 1 rings (SSSR count). The first kappa shape index (κ1) is 17.4. The molecule has 4 heteroatoms. The summed E-state index contributed by atoms with van der Waals surface area (Å²) in [5.74, 6) is -0.782. The summed E-state index contributed by atoms with van der Waals surface area (Å²) in [6.45, 7) is 7.14. The van der Waals surface area contributed by atoms with Crippen molar-refractivity contribution < 1.29 is 14.6 Å². The maximum atomic E-state index is 11.1. The van der Waals surface area contributed by atoms with Crippen LogP contribution in [0.2, 0.25) is 0 Å². The summed E-state index contributed by atoms with van der Waals surface area (Å²) in [6, 6.07) is 0. The van der Waals surface area contributed by atoms with E-state index in [-0.39, 0.29) is 0 Å². The van der Waals surface area contributed by atoms with Crippen LogP contribution in [-0.2, 0) is 9.53 Å². The molecule has 0 saturated heterocycles. The van der Waals surface area contributed by atoms with Gasteiger partial charge in [0.25, 0.3) is 0 Å². The van der Waals surface area contributed by atoms with E-state index in [0.29, 0.717) is 17.9 Å². The average Bonchev–Trinajstić information content (AvgIpc) is 2.39. The highest BCUT2D eigenvalue weighted by atomic mass is 16.5. The van der Waals surface area contributed by atoms with Crippen molar-refractivity contribution in [1.82, 2.24) is 5.32 Å². The van der Waals surface area contributed by atoms with Gasteiger partial charge in [-0.05, 0) is 64.3 Å². The fourth-order valence-electron chi connectivity index (χ4n) is 2.71. The highest BCUT2D eigenvalue weighted by Gasteiger charge is 2.30. The third-order valence-electron chi connectivity index (χ3n) is 4.73. The number of hydrogen-bond donors (Lipinski definition) is 2. The molecule has 0 aromatic heterocycles. The zero-order valence-corrected chi connectivity index (χ0v) is 13.5. The lowest BCUT2D eigenvalue weighted by molar-refractivity contribution is -0.144. The Bertz CT molecular complexity index is 307. The van der Waals surface area contributed by atoms with Crippen molar-refractivity contribution in [1.29, 1.82) is 0 Å². The second-order valence-corrected chi connectivity index (χ2v) is 7.08. The minimum absolute atomic E-state index is 0.415. The van der Waals surface area contributed by atoms with Gasteiger partial charge in [-0.1, -0.05) is 13.8 Å². The van der Waals surface area contributed by atoms with Gasteiger partial charge in [0, 0.05) is 6.61 Å². The van der Waals surface area contributed by atoms with Gasteiger partial charge >= 0.3 is 5.97 Å². The topological polar surface area (TPSA) is 58.6 Å². The molecule has 0 amide bonds. The van der Waals surface area contributed by atoms with Crippen LogP contribution >= 0.6 is 0 Å². The predicted octanol–water partition coefficient (Wildman–Crippen LogP) is 3.20. The van der Waals surface area contributed by atoms with Crippen LogP contribution in [0.3, 0.4) is 0 Å². The monoisotopic (exact) mass is 285 g/mol. The lowest BCUT2D eigenvalue weighted by atomic mass is 9.76. The van der Waals surface area contributed by atoms with Crippen LogP contribution in [0.4, 0.5) is 0 Å². The van der Waals surface area contributed by atoms with E-state index >= 15 is 0 Å². The number of likely N-dealkylation sites (N-methyl/N-ethyl adjacent to an activating group) is 1. The van der Waals surface area contributed by atoms with E-state index in [1.54, 1.807) is 14.0 Å². The SMILES string of the molecule is CNC(C)(CCCCOC1CCC(C)(C)CC1)C(=O)O. The summed E-state index contributed by atoms with van der Waals surface area (Å²) in [5, 5.41) is 12.0. The zero-order chi connectivity index (χ0) is 15.2. The number of aliphatic carboxylic acids is 1. The van der Waals surface area contributed by atoms with Gasteiger partial charge in [0.1, 0.15) is 5.54 Å². The Morgan fingerprint density at radius 3 is 2.45 bits per heavy atom. The number of carboxylic acids is 1. The fraction of sp³-hybridized carbons (Fsp3) is 0.938. The van der Waals surface area contributed by atoms with Gasteiger partial charge in [-0.25, -0.2) is 0 Å². The molecule has 4 nitrogen and oxygen atoms in total. The molecular formula is C16H31NO3. The molecular weight excluding hydrogens is 254 g/mol. The van der Waals surface area contributed by atoms with Crippen LogP contribution in [0.25, 0.3) is 0 Å². The molecule has 0 bridgehead atoms. The van der Waals surface area contributed by atoms with Crippen LogP contribution in [-0.4, -0.2) is 36.4 Å². The van der Waals surface area contributed by atoms with E-state index in [4.69, 9.17) is 9.84 Å². The first-order chi connectivity index (χ1) is 9.29. The third kappa shape index (κ3) is 5.41. The van der Waals surface area contributed by atoms with Gasteiger partial charge in [0.2, 0.25) is 0 Å². The quantitative estimate of drug-likeness (QED) is 0.672. The molecule has 1 atom stereocenters. The molecule has 0 aliphatic heterocycles. The minimum atomic E-state index is -0.811. The Hall–Kier alpha value is -0.610. The molecule has 0 heterocycles. The standard InChI is InChI=1S/C16H31NO3/c1-15(2)10-7-13(8-11-15)20-12-6-5-9-16(3,17-4)14(18)19/h13,17H,5-12H2,1-4H3,(H,18,19). The largest absolute Gasteiger partial charge is 0.480 e. The highest BCUT2D eigenvalue weighted by Crippen LogP contribution is 2.36. The molecule has 20 heavy (non-hydrogen) atoms. The van der Waals surface area contributed by atoms with Crippen molar-refractivity contribution >= 4 is 5.97 Å². The van der Waals surface area contributed by atoms with E-state index in [0.717, 1.165) is 32.3 Å². The van der Waals surface area contributed by atoms with Gasteiger partial charge in [-0.15, -0.1) is 0 Å². The Balaban J connectivity index is 2.12. The molecule has 0 aromatic rings. The van der Waals surface area contributed by atoms with Crippen molar-refractivity contribution in [3.8, 4) is 0 Å². The first-order valence-corrected chi connectivity index (χ1v) is 7.83. The van der Waals surface area contributed by atoms with Gasteiger partial charge in [-0.2, -0.15) is 0 Å². The second kappa shape index (κ2) is 7.41. The summed E-state index contributed by atoms with van der Waals surface area (Å²) >= 11 is 0. The summed E-state index contributed by atoms with van der Waals surface area (Å²) in [6.07, 6.45) is 7.68. The normalized spacial score (nSPS) is 22.4. The third-order valence-corrected chi connectivity index (χ3v) is 4.73. The smallest absolute Gasteiger partial charge is 0.323 e. The Morgan fingerprint density at radius 2 is 1.95 bits per heavy atom. The maximum absolute atomic E-state index is 11.1. The van der Waals surface area contributed by atoms with Crippen LogP contribution in [0, 0.1) is 5.41 Å². The van der Waals surface area contributed by atoms with Gasteiger partial charge in [-0.3, -0.25) is 4.79 Å². The van der Waals surface area contributed by atoms with Crippen molar-refractivity contribution in [3.63, 3.8) is 0 Å². The molecule has 1 saturated carbocycles. The fourth-order valence-corrected chi connectivity index (χ4v) is 2.71. The number of carbonyl (C=O) groups is 1. The van der Waals surface area contributed by atoms with E-state index in [9.17, 15) is 4.79 Å². The molecule has 1 fully saturated rings. The predicted molar refractivity (Wildman–Crippen MR) is 80.9 cm³/mol. The molecule has 0 aromatic carbocycles. The summed E-state index contributed by atoms with van der Waals surface area (Å²) < 4.78 is 5.92. The molecule has 0 radical (unpaired) electrons. The average molecular weight is 285 g/mol. The van der Waals surface area contributed by atoms with Crippen LogP contribution in [0.5, 0.6) is 0 Å². The number of rotatable bonds is 8. The summed E-state index contributed by atoms with van der Waals surface area (Å²) in [7, 11) is 1.70. The molecule has 1 unspecified atom stereocenters. The van der Waals surface area contributed by atoms with Crippen LogP contribution < -0.4 is 5.32 Å². The highest BCUT2D eigenvalue weighted by molar-refractivity contribution is 5.78. The second-order valence-electron chi connectivity index (χ2n) is 7.08. The minimum Gasteiger partial charge on any atom is -0.480 e. The van der Waals surface area contributed by atoms with E-state index < -0.39 is 11.5 Å². The molecule has 0 spiro atoms. The van der Waals surface area contributed by atoms with E-state index in [1.807, 2.05) is 0 Å². The first-order valence-electron chi connectivity index (χ1n) is 7.83. The van der Waals surface area contributed by atoms with Gasteiger partial charge in [0.15, 0.2) is 0 Å². The number of ether oxygens (including phenoxy) is 1. The molecule has 2 N–H and O–H groups in total. The Morgan fingerprint density at radius 1 is 1.35 bits per heavy atom. The maximum Gasteiger partial charge on any atom is 0.323 e. The van der Waals surface area contributed by atoms with Crippen molar-refractivity contribution in [2.75, 3.05) is 13.7 Å². The van der Waals surface area contributed by atoms with E-state index in [2.05, 4.69) is 19.2 Å². The van der Waals surface area contributed by atoms with E-state index in [1.165, 1.54) is 12.8 Å². The number of carboxylic acid groups (broad SMARTS) is 1. The number of nitrogens with one attached hydrogen (secondary N) is 1. The number of hydrogen-bond acceptors (Lipinski definition) is 3. The van der Waals surface area contributed by atoms with Crippen LogP contribution in [0.1, 0.15) is 65.7 Å². The Labute approximate surface area is 123 Å². The Kier molecular flexibility index (Phi) is 6.46. The molecule has 1 aliphatic rings. The lowest BCUT2D eigenvalue weighted by Gasteiger charge is -2.34. The molecule has 1 aliphatic carbocycles. The molecule has 118 valence electrons. The van der Waals surface area contributed by atoms with Gasteiger partial charge < -0.3 is 15.2 Å². The lowest BCUT2D eigenvalue weighted by Crippen LogP contribution is -2.47.